The van der Waals surface area contributed by atoms with E-state index in [1.807, 2.05) is 12.3 Å². The molecule has 1 amide bonds. The minimum absolute atomic E-state index is 0.0358. The summed E-state index contributed by atoms with van der Waals surface area (Å²) in [7, 11) is 1.75. The van der Waals surface area contributed by atoms with Crippen molar-refractivity contribution < 1.29 is 9.53 Å². The molecule has 2 aromatic rings. The van der Waals surface area contributed by atoms with Gasteiger partial charge in [0.15, 0.2) is 0 Å². The number of benzene rings is 1. The van der Waals surface area contributed by atoms with Gasteiger partial charge in [0.1, 0.15) is 0 Å². The number of ether oxygens (including phenoxy) is 1. The van der Waals surface area contributed by atoms with Crippen LogP contribution in [0.15, 0.2) is 36.5 Å². The molecule has 4 rings (SSSR count). The van der Waals surface area contributed by atoms with E-state index in [4.69, 9.17) is 9.84 Å². The number of fused-ring (bicyclic) bond motifs is 1. The third-order valence-corrected chi connectivity index (χ3v) is 6.58. The lowest BCUT2D eigenvalue weighted by molar-refractivity contribution is -0.128. The van der Waals surface area contributed by atoms with Crippen LogP contribution >= 0.6 is 0 Å². The van der Waals surface area contributed by atoms with E-state index in [1.165, 1.54) is 16.8 Å². The van der Waals surface area contributed by atoms with Crippen LogP contribution in [0.5, 0.6) is 0 Å². The maximum atomic E-state index is 13.1. The molecular formula is C24H33N3O2. The van der Waals surface area contributed by atoms with Crippen LogP contribution in [0.4, 0.5) is 0 Å². The first-order chi connectivity index (χ1) is 13.9. The zero-order valence-electron chi connectivity index (χ0n) is 17.9. The topological polar surface area (TPSA) is 56.1 Å². The Morgan fingerprint density at radius 3 is 2.83 bits per heavy atom. The summed E-state index contributed by atoms with van der Waals surface area (Å²) in [5, 5.41) is 8.07. The largest absolute Gasteiger partial charge is 0.381 e. The van der Waals surface area contributed by atoms with E-state index in [1.54, 1.807) is 7.11 Å². The summed E-state index contributed by atoms with van der Waals surface area (Å²) < 4.78 is 7.63. The highest BCUT2D eigenvalue weighted by atomic mass is 16.5. The molecule has 1 aromatic heterocycles. The first-order valence-electron chi connectivity index (χ1n) is 10.9. The molecule has 156 valence electrons. The molecule has 2 aliphatic rings. The van der Waals surface area contributed by atoms with E-state index in [-0.39, 0.29) is 29.4 Å². The molecule has 5 nitrogen and oxygen atoms in total. The van der Waals surface area contributed by atoms with E-state index < -0.39 is 0 Å². The number of methoxy groups -OCH3 is 1. The second-order valence-electron chi connectivity index (χ2n) is 9.52. The highest BCUT2D eigenvalue weighted by Crippen LogP contribution is 2.41. The smallest absolute Gasteiger partial charge is 0.223 e. The molecule has 1 heterocycles. The van der Waals surface area contributed by atoms with Crippen molar-refractivity contribution in [2.45, 2.75) is 71.1 Å². The zero-order valence-corrected chi connectivity index (χ0v) is 17.9. The van der Waals surface area contributed by atoms with Crippen molar-refractivity contribution in [2.75, 3.05) is 7.11 Å². The minimum atomic E-state index is 0.0358. The van der Waals surface area contributed by atoms with Gasteiger partial charge >= 0.3 is 0 Å². The van der Waals surface area contributed by atoms with Gasteiger partial charge in [-0.25, -0.2) is 0 Å². The Balaban J connectivity index is 1.52. The van der Waals surface area contributed by atoms with Gasteiger partial charge in [-0.15, -0.1) is 0 Å². The maximum absolute atomic E-state index is 13.1. The van der Waals surface area contributed by atoms with Crippen molar-refractivity contribution >= 4 is 5.91 Å². The summed E-state index contributed by atoms with van der Waals surface area (Å²) >= 11 is 0. The maximum Gasteiger partial charge on any atom is 0.223 e. The average Bonchev–Trinajstić information content (AvgIpc) is 3.10. The Kier molecular flexibility index (Phi) is 5.77. The quantitative estimate of drug-likeness (QED) is 0.823. The van der Waals surface area contributed by atoms with Crippen LogP contribution in [-0.2, 0) is 22.5 Å². The number of nitrogens with zero attached hydrogens (tertiary/aromatic N) is 2. The van der Waals surface area contributed by atoms with Crippen molar-refractivity contribution in [3.8, 4) is 0 Å². The Morgan fingerprint density at radius 1 is 1.28 bits per heavy atom. The van der Waals surface area contributed by atoms with Gasteiger partial charge in [-0.1, -0.05) is 50.6 Å². The first-order valence-corrected chi connectivity index (χ1v) is 10.9. The van der Waals surface area contributed by atoms with Crippen LogP contribution in [0.2, 0.25) is 0 Å². The highest BCUT2D eigenvalue weighted by molar-refractivity contribution is 5.79. The number of hydrogen-bond acceptors (Lipinski definition) is 3. The van der Waals surface area contributed by atoms with Gasteiger partial charge in [0.25, 0.3) is 0 Å². The van der Waals surface area contributed by atoms with Crippen LogP contribution in [0.1, 0.15) is 68.8 Å². The zero-order chi connectivity index (χ0) is 20.4. The predicted molar refractivity (Wildman–Crippen MR) is 114 cm³/mol. The lowest BCUT2D eigenvalue weighted by Crippen LogP contribution is -2.41. The predicted octanol–water partition coefficient (Wildman–Crippen LogP) is 4.27. The fraction of sp³-hybridized carbons (Fsp3) is 0.583. The summed E-state index contributed by atoms with van der Waals surface area (Å²) in [6.45, 7) is 5.35. The minimum Gasteiger partial charge on any atom is -0.381 e. The molecule has 1 fully saturated rings. The number of amides is 1. The third kappa shape index (κ3) is 4.55. The summed E-state index contributed by atoms with van der Waals surface area (Å²) in [6.07, 6.45) is 8.03. The van der Waals surface area contributed by atoms with Crippen molar-refractivity contribution in [3.05, 3.63) is 53.3 Å². The summed E-state index contributed by atoms with van der Waals surface area (Å²) in [6, 6.07) is 10.5. The van der Waals surface area contributed by atoms with Crippen molar-refractivity contribution in [3.63, 3.8) is 0 Å². The first kappa shape index (κ1) is 20.1. The second-order valence-corrected chi connectivity index (χ2v) is 9.52. The van der Waals surface area contributed by atoms with Crippen LogP contribution in [-0.4, -0.2) is 28.9 Å². The number of nitrogens with one attached hydrogen (secondary N) is 1. The van der Waals surface area contributed by atoms with Crippen molar-refractivity contribution in [1.82, 2.24) is 15.1 Å². The fourth-order valence-corrected chi connectivity index (χ4v) is 5.01. The van der Waals surface area contributed by atoms with Gasteiger partial charge in [-0.2, -0.15) is 5.10 Å². The monoisotopic (exact) mass is 395 g/mol. The summed E-state index contributed by atoms with van der Waals surface area (Å²) in [5.41, 5.74) is 3.82. The lowest BCUT2D eigenvalue weighted by Gasteiger charge is -2.37. The molecule has 3 atom stereocenters. The molecule has 2 aliphatic carbocycles. The SMILES string of the molecule is CO[C@@H]1CCC[C@@H](C(=O)N[C@H]2CC(C)(C)Cc3c2cnn3Cc2ccccc2)C1. The summed E-state index contributed by atoms with van der Waals surface area (Å²) in [5.74, 6) is 0.234. The van der Waals surface area contributed by atoms with Gasteiger partial charge in [0, 0.05) is 24.3 Å². The molecule has 5 heteroatoms. The average molecular weight is 396 g/mol. The molecule has 0 bridgehead atoms. The van der Waals surface area contributed by atoms with Gasteiger partial charge < -0.3 is 10.1 Å². The standard InChI is InChI=1S/C24H33N3O2/c1-24(2)13-21(26-23(28)18-10-7-11-19(12-18)29-3)20-15-25-27(22(20)14-24)16-17-8-5-4-6-9-17/h4-6,8-9,15,18-19,21H,7,10-14,16H2,1-3H3,(H,26,28)/t18-,19-,21+/m1/s1. The highest BCUT2D eigenvalue weighted by Gasteiger charge is 2.37. The molecule has 0 spiro atoms. The Hall–Kier alpha value is -2.14. The van der Waals surface area contributed by atoms with Crippen LogP contribution < -0.4 is 5.32 Å². The Labute approximate surface area is 173 Å². The molecular weight excluding hydrogens is 362 g/mol. The number of carbonyl (C=O) groups excluding carboxylic acids is 1. The van der Waals surface area contributed by atoms with E-state index in [2.05, 4.69) is 48.1 Å². The van der Waals surface area contributed by atoms with E-state index in [0.29, 0.717) is 0 Å². The van der Waals surface area contributed by atoms with Crippen LogP contribution in [0.3, 0.4) is 0 Å². The Morgan fingerprint density at radius 2 is 2.07 bits per heavy atom. The van der Waals surface area contributed by atoms with E-state index in [0.717, 1.165) is 45.1 Å². The normalized spacial score (nSPS) is 26.0. The molecule has 0 radical (unpaired) electrons. The molecule has 0 saturated heterocycles. The second kappa shape index (κ2) is 8.31. The third-order valence-electron chi connectivity index (χ3n) is 6.58. The number of carbonyl (C=O) groups is 1. The molecule has 0 unspecified atom stereocenters. The van der Waals surface area contributed by atoms with Gasteiger partial charge in [0.05, 0.1) is 24.9 Å². The number of aromatic nitrogens is 2. The van der Waals surface area contributed by atoms with Crippen LogP contribution in [0, 0.1) is 11.3 Å². The molecule has 1 N–H and O–H groups in total. The van der Waals surface area contributed by atoms with Gasteiger partial charge in [-0.05, 0) is 43.1 Å². The van der Waals surface area contributed by atoms with Crippen molar-refractivity contribution in [2.24, 2.45) is 11.3 Å². The lowest BCUT2D eigenvalue weighted by atomic mass is 9.74. The molecule has 1 saturated carbocycles. The molecule has 0 aliphatic heterocycles. The summed E-state index contributed by atoms with van der Waals surface area (Å²) in [4.78, 5) is 13.1. The number of hydrogen-bond donors (Lipinski definition) is 1. The molecule has 29 heavy (non-hydrogen) atoms. The molecule has 1 aromatic carbocycles. The van der Waals surface area contributed by atoms with Crippen LogP contribution in [0.25, 0.3) is 0 Å². The van der Waals surface area contributed by atoms with E-state index >= 15 is 0 Å². The number of rotatable bonds is 5. The fourth-order valence-electron chi connectivity index (χ4n) is 5.01. The van der Waals surface area contributed by atoms with Gasteiger partial charge in [0.2, 0.25) is 5.91 Å². The van der Waals surface area contributed by atoms with Gasteiger partial charge in [-0.3, -0.25) is 9.48 Å². The Bertz CT molecular complexity index is 843. The van der Waals surface area contributed by atoms with Crippen molar-refractivity contribution in [1.29, 1.82) is 0 Å². The van der Waals surface area contributed by atoms with E-state index in [9.17, 15) is 4.79 Å².